The molecule has 1 fully saturated rings. The Kier molecular flexibility index (Phi) is 6.78. The van der Waals surface area contributed by atoms with E-state index in [9.17, 15) is 9.59 Å². The molecule has 1 aromatic carbocycles. The topological polar surface area (TPSA) is 93.6 Å². The molecular weight excluding hydrogens is 360 g/mol. The Bertz CT molecular complexity index is 779. The molecule has 0 saturated heterocycles. The maximum atomic E-state index is 12.5. The number of benzene rings is 1. The largest absolute Gasteiger partial charge is 0.497 e. The van der Waals surface area contributed by atoms with Crippen molar-refractivity contribution in [1.82, 2.24) is 14.9 Å². The van der Waals surface area contributed by atoms with Crippen molar-refractivity contribution >= 4 is 17.8 Å². The Labute approximate surface area is 163 Å². The fourth-order valence-corrected chi connectivity index (χ4v) is 2.70. The number of esters is 1. The highest BCUT2D eigenvalue weighted by molar-refractivity contribution is 5.81. The Morgan fingerprint density at radius 1 is 1.18 bits per heavy atom. The number of anilines is 1. The Morgan fingerprint density at radius 2 is 1.89 bits per heavy atom. The third-order valence-electron chi connectivity index (χ3n) is 4.35. The lowest BCUT2D eigenvalue weighted by atomic mass is 10.2. The van der Waals surface area contributed by atoms with Gasteiger partial charge < -0.3 is 19.7 Å². The summed E-state index contributed by atoms with van der Waals surface area (Å²) in [6.45, 7) is 0.598. The molecule has 1 saturated carbocycles. The van der Waals surface area contributed by atoms with E-state index >= 15 is 0 Å². The summed E-state index contributed by atoms with van der Waals surface area (Å²) in [6, 6.07) is 9.55. The number of ether oxygens (including phenoxy) is 2. The van der Waals surface area contributed by atoms with Crippen molar-refractivity contribution in [2.75, 3.05) is 25.6 Å². The van der Waals surface area contributed by atoms with E-state index in [-0.39, 0.29) is 25.0 Å². The molecule has 1 N–H and O–H groups in total. The van der Waals surface area contributed by atoms with Crippen molar-refractivity contribution in [2.45, 2.75) is 31.8 Å². The predicted octanol–water partition coefficient (Wildman–Crippen LogP) is 2.02. The van der Waals surface area contributed by atoms with Gasteiger partial charge in [0.25, 0.3) is 5.91 Å². The number of methoxy groups -OCH3 is 1. The summed E-state index contributed by atoms with van der Waals surface area (Å²) in [5, 5.41) is 2.93. The monoisotopic (exact) mass is 384 g/mol. The number of aromatic nitrogens is 2. The van der Waals surface area contributed by atoms with Crippen molar-refractivity contribution < 1.29 is 19.1 Å². The SMILES string of the molecule is COc1ccc(CN(C(=O)COC(=O)CCNc2ncccn2)C2CC2)cc1. The van der Waals surface area contributed by atoms with E-state index in [0.717, 1.165) is 24.2 Å². The van der Waals surface area contributed by atoms with Crippen molar-refractivity contribution in [3.63, 3.8) is 0 Å². The minimum absolute atomic E-state index is 0.132. The number of nitrogens with zero attached hydrogens (tertiary/aromatic N) is 3. The van der Waals surface area contributed by atoms with Gasteiger partial charge in [0.1, 0.15) is 5.75 Å². The Morgan fingerprint density at radius 3 is 2.54 bits per heavy atom. The first kappa shape index (κ1) is 19.6. The van der Waals surface area contributed by atoms with Crippen LogP contribution in [0.5, 0.6) is 5.75 Å². The van der Waals surface area contributed by atoms with Crippen molar-refractivity contribution in [3.8, 4) is 5.75 Å². The van der Waals surface area contributed by atoms with Crippen LogP contribution in [0.1, 0.15) is 24.8 Å². The molecule has 3 rings (SSSR count). The van der Waals surface area contributed by atoms with Gasteiger partial charge in [0.2, 0.25) is 5.95 Å². The third-order valence-corrected chi connectivity index (χ3v) is 4.35. The highest BCUT2D eigenvalue weighted by Crippen LogP contribution is 2.28. The summed E-state index contributed by atoms with van der Waals surface area (Å²) in [6.07, 6.45) is 5.32. The van der Waals surface area contributed by atoms with Crippen LogP contribution in [0, 0.1) is 0 Å². The first-order valence-electron chi connectivity index (χ1n) is 9.24. The van der Waals surface area contributed by atoms with Crippen LogP contribution >= 0.6 is 0 Å². The summed E-state index contributed by atoms with van der Waals surface area (Å²) in [4.78, 5) is 34.2. The van der Waals surface area contributed by atoms with Gasteiger partial charge in [-0.25, -0.2) is 9.97 Å². The van der Waals surface area contributed by atoms with Gasteiger partial charge in [-0.1, -0.05) is 12.1 Å². The molecule has 0 spiro atoms. The minimum atomic E-state index is -0.433. The first-order chi connectivity index (χ1) is 13.7. The molecule has 1 aromatic heterocycles. The second kappa shape index (κ2) is 9.68. The minimum Gasteiger partial charge on any atom is -0.497 e. The van der Waals surface area contributed by atoms with Crippen LogP contribution in [0.3, 0.4) is 0 Å². The Balaban J connectivity index is 1.42. The van der Waals surface area contributed by atoms with E-state index in [1.165, 1.54) is 0 Å². The number of amides is 1. The summed E-state index contributed by atoms with van der Waals surface area (Å²) >= 11 is 0. The van der Waals surface area contributed by atoms with E-state index in [2.05, 4.69) is 15.3 Å². The van der Waals surface area contributed by atoms with Gasteiger partial charge in [-0.3, -0.25) is 9.59 Å². The van der Waals surface area contributed by atoms with Crippen LogP contribution in [0.2, 0.25) is 0 Å². The zero-order valence-electron chi connectivity index (χ0n) is 15.8. The molecular formula is C20H24N4O4. The molecule has 8 nitrogen and oxygen atoms in total. The molecule has 0 aliphatic heterocycles. The van der Waals surface area contributed by atoms with Crippen LogP contribution in [-0.4, -0.2) is 53.0 Å². The van der Waals surface area contributed by atoms with Gasteiger partial charge in [-0.05, 0) is 36.6 Å². The van der Waals surface area contributed by atoms with Gasteiger partial charge in [0, 0.05) is 31.5 Å². The zero-order valence-corrected chi connectivity index (χ0v) is 15.8. The highest BCUT2D eigenvalue weighted by Gasteiger charge is 2.32. The van der Waals surface area contributed by atoms with E-state index in [0.29, 0.717) is 19.0 Å². The molecule has 1 amide bonds. The van der Waals surface area contributed by atoms with Gasteiger partial charge in [0.05, 0.1) is 13.5 Å². The highest BCUT2D eigenvalue weighted by atomic mass is 16.5. The van der Waals surface area contributed by atoms with Gasteiger partial charge in [0.15, 0.2) is 6.61 Å². The van der Waals surface area contributed by atoms with E-state index in [1.807, 2.05) is 24.3 Å². The molecule has 1 aliphatic carbocycles. The molecule has 2 aromatic rings. The van der Waals surface area contributed by atoms with Crippen LogP contribution in [0.25, 0.3) is 0 Å². The maximum absolute atomic E-state index is 12.5. The number of carbonyl (C=O) groups is 2. The molecule has 1 heterocycles. The lowest BCUT2D eigenvalue weighted by Crippen LogP contribution is -2.36. The molecule has 0 unspecified atom stereocenters. The number of hydrogen-bond donors (Lipinski definition) is 1. The summed E-state index contributed by atoms with van der Waals surface area (Å²) in [5.74, 6) is 0.616. The van der Waals surface area contributed by atoms with Crippen molar-refractivity contribution in [3.05, 3.63) is 48.3 Å². The van der Waals surface area contributed by atoms with Crippen molar-refractivity contribution in [2.24, 2.45) is 0 Å². The molecule has 0 atom stereocenters. The summed E-state index contributed by atoms with van der Waals surface area (Å²) in [5.41, 5.74) is 1.01. The van der Waals surface area contributed by atoms with Crippen LogP contribution in [0.15, 0.2) is 42.7 Å². The lowest BCUT2D eigenvalue weighted by molar-refractivity contribution is -0.152. The van der Waals surface area contributed by atoms with E-state index in [1.54, 1.807) is 30.5 Å². The van der Waals surface area contributed by atoms with Gasteiger partial charge >= 0.3 is 5.97 Å². The van der Waals surface area contributed by atoms with E-state index in [4.69, 9.17) is 9.47 Å². The lowest BCUT2D eigenvalue weighted by Gasteiger charge is -2.22. The quantitative estimate of drug-likeness (QED) is 0.626. The fourth-order valence-electron chi connectivity index (χ4n) is 2.70. The van der Waals surface area contributed by atoms with Crippen molar-refractivity contribution in [1.29, 1.82) is 0 Å². The predicted molar refractivity (Wildman–Crippen MR) is 103 cm³/mol. The van der Waals surface area contributed by atoms with E-state index < -0.39 is 5.97 Å². The second-order valence-corrected chi connectivity index (χ2v) is 6.51. The smallest absolute Gasteiger partial charge is 0.308 e. The molecule has 8 heteroatoms. The molecule has 1 aliphatic rings. The second-order valence-electron chi connectivity index (χ2n) is 6.51. The van der Waals surface area contributed by atoms with Gasteiger partial charge in [-0.2, -0.15) is 0 Å². The number of nitrogens with one attached hydrogen (secondary N) is 1. The number of hydrogen-bond acceptors (Lipinski definition) is 7. The maximum Gasteiger partial charge on any atom is 0.308 e. The molecule has 28 heavy (non-hydrogen) atoms. The third kappa shape index (κ3) is 5.94. The standard InChI is InChI=1S/C20H24N4O4/c1-27-17-7-3-15(4-8-17)13-24(16-5-6-16)18(25)14-28-19(26)9-12-23-20-21-10-2-11-22-20/h2-4,7-8,10-11,16H,5-6,9,12-14H2,1H3,(H,21,22,23). The molecule has 0 bridgehead atoms. The number of rotatable bonds is 10. The Hall–Kier alpha value is -3.16. The average Bonchev–Trinajstić information content (AvgIpc) is 3.56. The number of carbonyl (C=O) groups excluding carboxylic acids is 2. The molecule has 0 radical (unpaired) electrons. The van der Waals surface area contributed by atoms with Crippen LogP contribution in [-0.2, 0) is 20.9 Å². The van der Waals surface area contributed by atoms with Crippen LogP contribution < -0.4 is 10.1 Å². The molecule has 148 valence electrons. The first-order valence-corrected chi connectivity index (χ1v) is 9.24. The average molecular weight is 384 g/mol. The fraction of sp³-hybridized carbons (Fsp3) is 0.400. The van der Waals surface area contributed by atoms with Gasteiger partial charge in [-0.15, -0.1) is 0 Å². The zero-order chi connectivity index (χ0) is 19.8. The van der Waals surface area contributed by atoms with Crippen LogP contribution in [0.4, 0.5) is 5.95 Å². The summed E-state index contributed by atoms with van der Waals surface area (Å²) in [7, 11) is 1.62. The normalized spacial score (nSPS) is 12.9. The summed E-state index contributed by atoms with van der Waals surface area (Å²) < 4.78 is 10.3.